The van der Waals surface area contributed by atoms with Gasteiger partial charge in [0.05, 0.1) is 0 Å². The molecule has 0 nitrogen and oxygen atoms in total. The van der Waals surface area contributed by atoms with E-state index in [1.807, 2.05) is 0 Å². The van der Waals surface area contributed by atoms with Crippen molar-refractivity contribution >= 4 is 64.0 Å². The van der Waals surface area contributed by atoms with Crippen molar-refractivity contribution in [1.82, 2.24) is 0 Å². The SMILES string of the molecule is Br[Se]Br.[Sb]. The standard InChI is InChI=1S/Br2Se.Sb/c1-3-2;. The molecule has 25 valence electrons. The second-order valence-electron chi connectivity index (χ2n) is 0.0583. The van der Waals surface area contributed by atoms with Gasteiger partial charge in [-0.1, -0.05) is 0 Å². The van der Waals surface area contributed by atoms with Gasteiger partial charge < -0.3 is 0 Å². The molecule has 0 spiro atoms. The quantitative estimate of drug-likeness (QED) is 0.564. The molecule has 0 bridgehead atoms. The molecule has 3 radical (unpaired) electrons. The van der Waals surface area contributed by atoms with E-state index in [2.05, 4.69) is 28.2 Å². The van der Waals surface area contributed by atoms with Crippen molar-refractivity contribution in [3.05, 3.63) is 0 Å². The monoisotopic (exact) mass is 359 g/mol. The van der Waals surface area contributed by atoms with Crippen LogP contribution in [0, 0.1) is 0 Å². The third-order valence-electron chi connectivity index (χ3n) is 0. The van der Waals surface area contributed by atoms with Gasteiger partial charge in [0, 0.05) is 24.4 Å². The first-order chi connectivity index (χ1) is 1.41. The Labute approximate surface area is 63.1 Å². The van der Waals surface area contributed by atoms with Crippen molar-refractivity contribution in [2.24, 2.45) is 0 Å². The Morgan fingerprint density at radius 3 is 1.25 bits per heavy atom. The van der Waals surface area contributed by atoms with E-state index < -0.39 is 0 Å². The van der Waals surface area contributed by atoms with E-state index >= 15 is 0 Å². The van der Waals surface area contributed by atoms with E-state index in [1.165, 1.54) is 0 Å². The minimum Gasteiger partial charge on any atom is 0 e. The second kappa shape index (κ2) is 9.00. The maximum atomic E-state index is 3.12. The third kappa shape index (κ3) is 8.85. The van der Waals surface area contributed by atoms with Gasteiger partial charge in [-0.05, 0) is 0 Å². The van der Waals surface area contributed by atoms with Crippen LogP contribution in [0.5, 0.6) is 0 Å². The molecule has 0 heterocycles. The Morgan fingerprint density at radius 2 is 1.25 bits per heavy atom. The van der Waals surface area contributed by atoms with Gasteiger partial charge in [-0.2, -0.15) is 0 Å². The largest absolute Gasteiger partial charge is 0 e. The average molecular weight is 361 g/mol. The number of hydrogen-bond acceptors (Lipinski definition) is 0. The van der Waals surface area contributed by atoms with E-state index in [0.29, 0.717) is 11.3 Å². The van der Waals surface area contributed by atoms with Gasteiger partial charge in [0.1, 0.15) is 0 Å². The summed E-state index contributed by atoms with van der Waals surface area (Å²) in [6.45, 7) is 0. The molecule has 0 saturated heterocycles. The summed E-state index contributed by atoms with van der Waals surface area (Å²) >= 11 is 6.75. The molecule has 4 heteroatoms. The van der Waals surface area contributed by atoms with Crippen LogP contribution in [0.25, 0.3) is 0 Å². The molecule has 0 aliphatic heterocycles. The molecule has 0 saturated carbocycles. The fourth-order valence-corrected chi connectivity index (χ4v) is 0. The molecule has 0 aromatic rings. The summed E-state index contributed by atoms with van der Waals surface area (Å²) in [5.74, 6) is 0. The number of hydrogen-bond donors (Lipinski definition) is 0. The van der Waals surface area contributed by atoms with Crippen LogP contribution in [0.1, 0.15) is 0 Å². The van der Waals surface area contributed by atoms with E-state index in [-0.39, 0.29) is 24.4 Å². The predicted octanol–water partition coefficient (Wildman–Crippen LogP) is 0.930. The molecular formula is Br2SbSe. The van der Waals surface area contributed by atoms with Gasteiger partial charge in [0.25, 0.3) is 0 Å². The van der Waals surface area contributed by atoms with Crippen molar-refractivity contribution < 1.29 is 0 Å². The smallest absolute Gasteiger partial charge is 0 e. The molecule has 4 heavy (non-hydrogen) atoms. The normalized spacial score (nSPS) is 4.50. The molecule has 0 aliphatic carbocycles. The maximum Gasteiger partial charge on any atom is 0 e. The third-order valence-corrected chi connectivity index (χ3v) is 0. The molecule has 0 aromatic carbocycles. The predicted molar refractivity (Wildman–Crippen MR) is 29.4 cm³/mol. The summed E-state index contributed by atoms with van der Waals surface area (Å²) in [6.07, 6.45) is 0. The first-order valence-corrected chi connectivity index (χ1v) is 8.33. The number of rotatable bonds is 0. The van der Waals surface area contributed by atoms with Crippen LogP contribution >= 0.6 is 28.2 Å². The summed E-state index contributed by atoms with van der Waals surface area (Å²) in [5.41, 5.74) is 0. The van der Waals surface area contributed by atoms with Gasteiger partial charge in [-0.3, -0.25) is 0 Å². The Kier molecular flexibility index (Phi) is 21.5. The molecule has 0 rings (SSSR count). The first kappa shape index (κ1) is 9.57. The molecule has 0 N–H and O–H groups in total. The molecule has 0 atom stereocenters. The van der Waals surface area contributed by atoms with Crippen molar-refractivity contribution in [2.45, 2.75) is 0 Å². The van der Waals surface area contributed by atoms with Gasteiger partial charge in [-0.15, -0.1) is 0 Å². The fraction of sp³-hybridized carbons (Fsp3) is 0. The van der Waals surface area contributed by atoms with Gasteiger partial charge in [0.2, 0.25) is 0 Å². The molecule has 0 amide bonds. The first-order valence-electron chi connectivity index (χ1n) is 0.309. The van der Waals surface area contributed by atoms with Gasteiger partial charge in [0.15, 0.2) is 0 Å². The number of halogens is 2. The van der Waals surface area contributed by atoms with Crippen LogP contribution in [0.3, 0.4) is 0 Å². The van der Waals surface area contributed by atoms with Crippen LogP contribution < -0.4 is 0 Å². The van der Waals surface area contributed by atoms with Gasteiger partial charge in [-0.25, -0.2) is 0 Å². The summed E-state index contributed by atoms with van der Waals surface area (Å²) < 4.78 is 0. The Hall–Kier alpha value is 2.30. The van der Waals surface area contributed by atoms with Crippen LogP contribution in [0.2, 0.25) is 0 Å². The van der Waals surface area contributed by atoms with Crippen LogP contribution in [0.15, 0.2) is 0 Å². The second-order valence-corrected chi connectivity index (χ2v) is 8.18. The van der Waals surface area contributed by atoms with E-state index in [4.69, 9.17) is 0 Å². The van der Waals surface area contributed by atoms with Crippen LogP contribution in [-0.4, -0.2) is 35.8 Å². The van der Waals surface area contributed by atoms with E-state index in [1.54, 1.807) is 0 Å². The van der Waals surface area contributed by atoms with Crippen molar-refractivity contribution in [1.29, 1.82) is 0 Å². The molecule has 0 aromatic heterocycles. The molecule has 0 fully saturated rings. The molecular weight excluding hydrogens is 361 g/mol. The summed E-state index contributed by atoms with van der Waals surface area (Å²) in [4.78, 5) is 0. The van der Waals surface area contributed by atoms with Crippen molar-refractivity contribution in [3.63, 3.8) is 0 Å². The zero-order valence-corrected chi connectivity index (χ0v) is 9.05. The average Bonchev–Trinajstić information content (AvgIpc) is 0.918. The van der Waals surface area contributed by atoms with Crippen LogP contribution in [0.4, 0.5) is 0 Å². The maximum absolute atomic E-state index is 3.12. The van der Waals surface area contributed by atoms with Crippen molar-refractivity contribution in [2.75, 3.05) is 0 Å². The summed E-state index contributed by atoms with van der Waals surface area (Å²) in [5, 5.41) is 0. The minimum absolute atomic E-state index is 0. The van der Waals surface area contributed by atoms with Gasteiger partial charge >= 0.3 is 39.6 Å². The fourth-order valence-electron chi connectivity index (χ4n) is 0. The zero-order valence-electron chi connectivity index (χ0n) is 1.61. The zero-order chi connectivity index (χ0) is 2.71. The molecule has 0 unspecified atom stereocenters. The van der Waals surface area contributed by atoms with E-state index in [9.17, 15) is 0 Å². The topological polar surface area (TPSA) is 0 Å². The molecule has 0 aliphatic rings. The van der Waals surface area contributed by atoms with Crippen molar-refractivity contribution in [3.8, 4) is 0 Å². The summed E-state index contributed by atoms with van der Waals surface area (Å²) in [7, 11) is 0. The minimum atomic E-state index is 0. The van der Waals surface area contributed by atoms with E-state index in [0.717, 1.165) is 0 Å². The van der Waals surface area contributed by atoms with Crippen LogP contribution in [-0.2, 0) is 0 Å². The summed E-state index contributed by atoms with van der Waals surface area (Å²) in [6, 6.07) is 0. The Bertz CT molecular complexity index is 6.00. The Morgan fingerprint density at radius 1 is 1.25 bits per heavy atom. The Balaban J connectivity index is 0.